The Balaban J connectivity index is 2.50. The first-order valence-corrected chi connectivity index (χ1v) is 5.49. The third-order valence-electron chi connectivity index (χ3n) is 2.17. The highest BCUT2D eigenvalue weighted by Crippen LogP contribution is 2.24. The number of ketones is 1. The molecule has 0 radical (unpaired) electrons. The summed E-state index contributed by atoms with van der Waals surface area (Å²) in [6, 6.07) is 10.5. The Hall–Kier alpha value is -1.68. The van der Waals surface area contributed by atoms with Crippen LogP contribution in [-0.4, -0.2) is 10.8 Å². The molecule has 2 rings (SSSR count). The number of aromatic nitrogens is 1. The smallest absolute Gasteiger partial charge is 0.214 e. The lowest BCUT2D eigenvalue weighted by Gasteiger charge is -2.06. The van der Waals surface area contributed by atoms with Crippen molar-refractivity contribution < 1.29 is 4.79 Å². The van der Waals surface area contributed by atoms with Crippen molar-refractivity contribution in [2.75, 3.05) is 5.73 Å². The summed E-state index contributed by atoms with van der Waals surface area (Å²) in [5.74, 6) is -0.175. The summed E-state index contributed by atoms with van der Waals surface area (Å²) in [5.41, 5.74) is 7.08. The Kier molecular flexibility index (Phi) is 3.01. The van der Waals surface area contributed by atoms with Gasteiger partial charge in [-0.2, -0.15) is 0 Å². The third-order valence-corrected chi connectivity index (χ3v) is 2.83. The summed E-state index contributed by atoms with van der Waals surface area (Å²) in [4.78, 5) is 16.1. The molecule has 0 aliphatic rings. The zero-order valence-corrected chi connectivity index (χ0v) is 9.94. The lowest BCUT2D eigenvalue weighted by molar-refractivity contribution is 0.103. The molecule has 80 valence electrons. The van der Waals surface area contributed by atoms with Gasteiger partial charge in [-0.25, -0.2) is 0 Å². The van der Waals surface area contributed by atoms with Crippen LogP contribution < -0.4 is 5.73 Å². The van der Waals surface area contributed by atoms with Crippen LogP contribution in [0, 0.1) is 0 Å². The number of halogens is 1. The average molecular weight is 277 g/mol. The van der Waals surface area contributed by atoms with Gasteiger partial charge in [0.2, 0.25) is 5.78 Å². The summed E-state index contributed by atoms with van der Waals surface area (Å²) in [6.07, 6.45) is 1.58. The van der Waals surface area contributed by atoms with Crippen LogP contribution in [0.5, 0.6) is 0 Å². The number of rotatable bonds is 2. The van der Waals surface area contributed by atoms with E-state index >= 15 is 0 Å². The summed E-state index contributed by atoms with van der Waals surface area (Å²) in [7, 11) is 0. The van der Waals surface area contributed by atoms with Crippen LogP contribution >= 0.6 is 15.9 Å². The number of hydrogen-bond donors (Lipinski definition) is 1. The maximum Gasteiger partial charge on any atom is 0.214 e. The molecule has 0 fully saturated rings. The Bertz CT molecular complexity index is 506. The summed E-state index contributed by atoms with van der Waals surface area (Å²) < 4.78 is 0.683. The molecular formula is C12H9BrN2O. The molecule has 0 saturated heterocycles. The van der Waals surface area contributed by atoms with E-state index in [4.69, 9.17) is 5.73 Å². The van der Waals surface area contributed by atoms with E-state index in [0.717, 1.165) is 0 Å². The van der Waals surface area contributed by atoms with Crippen LogP contribution in [0.25, 0.3) is 0 Å². The van der Waals surface area contributed by atoms with Gasteiger partial charge in [0, 0.05) is 16.4 Å². The predicted molar refractivity (Wildman–Crippen MR) is 66.2 cm³/mol. The van der Waals surface area contributed by atoms with Gasteiger partial charge < -0.3 is 5.73 Å². The van der Waals surface area contributed by atoms with E-state index in [1.165, 1.54) is 0 Å². The predicted octanol–water partition coefficient (Wildman–Crippen LogP) is 2.66. The third kappa shape index (κ3) is 1.97. The van der Waals surface area contributed by atoms with Crippen molar-refractivity contribution in [3.8, 4) is 0 Å². The van der Waals surface area contributed by atoms with Gasteiger partial charge in [0.05, 0.1) is 5.56 Å². The van der Waals surface area contributed by atoms with E-state index in [-0.39, 0.29) is 5.78 Å². The highest BCUT2D eigenvalue weighted by Gasteiger charge is 2.16. The molecule has 0 bridgehead atoms. The minimum atomic E-state index is -0.175. The van der Waals surface area contributed by atoms with Gasteiger partial charge in [0.1, 0.15) is 5.69 Å². The number of nitrogen functional groups attached to an aromatic ring is 1. The van der Waals surface area contributed by atoms with Crippen molar-refractivity contribution >= 4 is 27.4 Å². The lowest BCUT2D eigenvalue weighted by atomic mass is 10.1. The second-order valence-corrected chi connectivity index (χ2v) is 4.10. The van der Waals surface area contributed by atoms with Crippen molar-refractivity contribution in [3.63, 3.8) is 0 Å². The molecule has 1 aromatic heterocycles. The molecule has 16 heavy (non-hydrogen) atoms. The number of nitrogens with two attached hydrogens (primary N) is 1. The van der Waals surface area contributed by atoms with Gasteiger partial charge in [-0.15, -0.1) is 0 Å². The van der Waals surface area contributed by atoms with Crippen molar-refractivity contribution in [1.82, 2.24) is 4.98 Å². The number of hydrogen-bond acceptors (Lipinski definition) is 3. The van der Waals surface area contributed by atoms with Crippen molar-refractivity contribution in [2.24, 2.45) is 0 Å². The fourth-order valence-electron chi connectivity index (χ4n) is 1.41. The average Bonchev–Trinajstić information content (AvgIpc) is 2.30. The topological polar surface area (TPSA) is 56.0 Å². The Morgan fingerprint density at radius 2 is 2.00 bits per heavy atom. The highest BCUT2D eigenvalue weighted by molar-refractivity contribution is 9.10. The molecule has 0 saturated carbocycles. The van der Waals surface area contributed by atoms with Crippen LogP contribution in [-0.2, 0) is 0 Å². The number of anilines is 1. The molecule has 4 heteroatoms. The normalized spacial score (nSPS) is 10.1. The van der Waals surface area contributed by atoms with Gasteiger partial charge in [-0.1, -0.05) is 12.1 Å². The van der Waals surface area contributed by atoms with E-state index in [2.05, 4.69) is 20.9 Å². The molecule has 3 nitrogen and oxygen atoms in total. The minimum absolute atomic E-state index is 0.175. The van der Waals surface area contributed by atoms with Gasteiger partial charge in [0.15, 0.2) is 0 Å². The second kappa shape index (κ2) is 4.45. The largest absolute Gasteiger partial charge is 0.398 e. The van der Waals surface area contributed by atoms with Crippen LogP contribution in [0.2, 0.25) is 0 Å². The SMILES string of the molecule is Nc1cccc(Br)c1C(=O)c1ccccn1. The van der Waals surface area contributed by atoms with E-state index in [0.29, 0.717) is 21.4 Å². The van der Waals surface area contributed by atoms with Crippen LogP contribution in [0.15, 0.2) is 47.1 Å². The second-order valence-electron chi connectivity index (χ2n) is 3.25. The number of nitrogens with zero attached hydrogens (tertiary/aromatic N) is 1. The van der Waals surface area contributed by atoms with Gasteiger partial charge in [-0.3, -0.25) is 9.78 Å². The number of carbonyl (C=O) groups is 1. The molecule has 0 spiro atoms. The Labute approximate surface area is 101 Å². The standard InChI is InChI=1S/C12H9BrN2O/c13-8-4-3-5-9(14)11(8)12(16)10-6-1-2-7-15-10/h1-7H,14H2. The first kappa shape index (κ1) is 10.8. The highest BCUT2D eigenvalue weighted by atomic mass is 79.9. The summed E-state index contributed by atoms with van der Waals surface area (Å²) in [5, 5.41) is 0. The quantitative estimate of drug-likeness (QED) is 0.678. The molecule has 0 aliphatic heterocycles. The lowest BCUT2D eigenvalue weighted by Crippen LogP contribution is -2.07. The van der Waals surface area contributed by atoms with Gasteiger partial charge in [-0.05, 0) is 40.2 Å². The van der Waals surface area contributed by atoms with Crippen LogP contribution in [0.3, 0.4) is 0 Å². The van der Waals surface area contributed by atoms with Crippen LogP contribution in [0.4, 0.5) is 5.69 Å². The molecule has 0 amide bonds. The molecule has 1 heterocycles. The maximum atomic E-state index is 12.1. The summed E-state index contributed by atoms with van der Waals surface area (Å²) >= 11 is 3.32. The van der Waals surface area contributed by atoms with E-state index < -0.39 is 0 Å². The Morgan fingerprint density at radius 1 is 1.19 bits per heavy atom. The van der Waals surface area contributed by atoms with E-state index in [1.807, 2.05) is 0 Å². The molecule has 0 unspecified atom stereocenters. The molecule has 0 atom stereocenters. The minimum Gasteiger partial charge on any atom is -0.398 e. The zero-order valence-electron chi connectivity index (χ0n) is 8.35. The van der Waals surface area contributed by atoms with Crippen molar-refractivity contribution in [3.05, 3.63) is 58.3 Å². The molecule has 2 N–H and O–H groups in total. The monoisotopic (exact) mass is 276 g/mol. The summed E-state index contributed by atoms with van der Waals surface area (Å²) in [6.45, 7) is 0. The number of carbonyl (C=O) groups excluding carboxylic acids is 1. The number of benzene rings is 1. The van der Waals surface area contributed by atoms with E-state index in [1.54, 1.807) is 42.6 Å². The van der Waals surface area contributed by atoms with Gasteiger partial charge >= 0.3 is 0 Å². The Morgan fingerprint density at radius 3 is 2.62 bits per heavy atom. The fraction of sp³-hybridized carbons (Fsp3) is 0. The molecular weight excluding hydrogens is 268 g/mol. The van der Waals surface area contributed by atoms with E-state index in [9.17, 15) is 4.79 Å². The van der Waals surface area contributed by atoms with Crippen molar-refractivity contribution in [1.29, 1.82) is 0 Å². The molecule has 0 aliphatic carbocycles. The molecule has 1 aromatic carbocycles. The first-order chi connectivity index (χ1) is 7.70. The number of pyridine rings is 1. The fourth-order valence-corrected chi connectivity index (χ4v) is 1.97. The zero-order chi connectivity index (χ0) is 11.5. The first-order valence-electron chi connectivity index (χ1n) is 4.70. The maximum absolute atomic E-state index is 12.1. The molecule has 2 aromatic rings. The van der Waals surface area contributed by atoms with Crippen LogP contribution in [0.1, 0.15) is 16.1 Å². The van der Waals surface area contributed by atoms with Crippen molar-refractivity contribution in [2.45, 2.75) is 0 Å². The van der Waals surface area contributed by atoms with Gasteiger partial charge in [0.25, 0.3) is 0 Å².